The number of alkyl halides is 3. The number of hydrogen-bond donors (Lipinski definition) is 2. The van der Waals surface area contributed by atoms with E-state index in [2.05, 4.69) is 22.2 Å². The third-order valence-electron chi connectivity index (χ3n) is 6.11. The van der Waals surface area contributed by atoms with Crippen molar-refractivity contribution >= 4 is 11.5 Å². The standard InChI is InChI=1S/C23H34F3N3O2/c1-7-17(23(24,25)26)19-18(27-8-9-28-19)14(3)15-10-13(2)11-16(12-15)29-21(31)20(30)22(4,5)6/h7-9,13-16,20,30H,10-12H2,1-6H3,(H,29,31)/b17-7+/t13-,14?,15+,16-,20-/m1/s1. The van der Waals surface area contributed by atoms with Crippen LogP contribution < -0.4 is 5.32 Å². The molecule has 1 aliphatic carbocycles. The monoisotopic (exact) mass is 441 g/mol. The summed E-state index contributed by atoms with van der Waals surface area (Å²) in [4.78, 5) is 20.8. The number of amides is 1. The number of nitrogens with zero attached hydrogens (tertiary/aromatic N) is 2. The minimum atomic E-state index is -4.52. The maximum atomic E-state index is 13.5. The first-order chi connectivity index (χ1) is 14.3. The minimum Gasteiger partial charge on any atom is -0.383 e. The van der Waals surface area contributed by atoms with Crippen molar-refractivity contribution in [3.05, 3.63) is 29.9 Å². The highest BCUT2D eigenvalue weighted by Gasteiger charge is 2.39. The number of allylic oxidation sites excluding steroid dienone is 2. The third kappa shape index (κ3) is 6.28. The summed E-state index contributed by atoms with van der Waals surface area (Å²) in [5.41, 5.74) is -1.17. The van der Waals surface area contributed by atoms with Crippen LogP contribution in [0.15, 0.2) is 18.5 Å². The molecule has 0 radical (unpaired) electrons. The van der Waals surface area contributed by atoms with Crippen LogP contribution in [0.25, 0.3) is 5.57 Å². The molecule has 0 bridgehead atoms. The van der Waals surface area contributed by atoms with Crippen molar-refractivity contribution in [2.24, 2.45) is 17.3 Å². The predicted molar refractivity (Wildman–Crippen MR) is 114 cm³/mol. The zero-order chi connectivity index (χ0) is 23.6. The summed E-state index contributed by atoms with van der Waals surface area (Å²) in [5.74, 6) is -0.369. The molecule has 5 nitrogen and oxygen atoms in total. The lowest BCUT2D eigenvalue weighted by atomic mass is 9.72. The van der Waals surface area contributed by atoms with E-state index in [1.165, 1.54) is 19.3 Å². The van der Waals surface area contributed by atoms with Crippen LogP contribution in [-0.2, 0) is 4.79 Å². The van der Waals surface area contributed by atoms with Gasteiger partial charge in [-0.25, -0.2) is 0 Å². The van der Waals surface area contributed by atoms with E-state index in [0.29, 0.717) is 12.1 Å². The lowest BCUT2D eigenvalue weighted by Gasteiger charge is -2.38. The molecule has 0 spiro atoms. The van der Waals surface area contributed by atoms with Gasteiger partial charge in [0, 0.05) is 24.4 Å². The molecule has 1 aromatic heterocycles. The zero-order valence-electron chi connectivity index (χ0n) is 19.1. The summed E-state index contributed by atoms with van der Waals surface area (Å²) in [5, 5.41) is 13.2. The molecule has 1 heterocycles. The molecule has 1 unspecified atom stereocenters. The van der Waals surface area contributed by atoms with Gasteiger partial charge in [-0.05, 0) is 43.4 Å². The molecule has 1 fully saturated rings. The van der Waals surface area contributed by atoms with Crippen molar-refractivity contribution in [1.82, 2.24) is 15.3 Å². The highest BCUT2D eigenvalue weighted by atomic mass is 19.4. The average molecular weight is 442 g/mol. The van der Waals surface area contributed by atoms with Gasteiger partial charge in [-0.15, -0.1) is 0 Å². The van der Waals surface area contributed by atoms with Gasteiger partial charge in [0.05, 0.1) is 17.0 Å². The van der Waals surface area contributed by atoms with E-state index in [1.54, 1.807) is 20.8 Å². The topological polar surface area (TPSA) is 75.1 Å². The number of hydrogen-bond acceptors (Lipinski definition) is 4. The molecule has 2 rings (SSSR count). The lowest BCUT2D eigenvalue weighted by molar-refractivity contribution is -0.135. The van der Waals surface area contributed by atoms with E-state index < -0.39 is 29.2 Å². The Labute approximate surface area is 182 Å². The predicted octanol–water partition coefficient (Wildman–Crippen LogP) is 4.87. The van der Waals surface area contributed by atoms with Crippen molar-refractivity contribution < 1.29 is 23.1 Å². The molecule has 2 N–H and O–H groups in total. The average Bonchev–Trinajstić information content (AvgIpc) is 2.65. The smallest absolute Gasteiger partial charge is 0.383 e. The molecule has 1 saturated carbocycles. The molecule has 0 aliphatic heterocycles. The van der Waals surface area contributed by atoms with Gasteiger partial charge in [-0.2, -0.15) is 13.2 Å². The van der Waals surface area contributed by atoms with Crippen molar-refractivity contribution in [3.8, 4) is 0 Å². The zero-order valence-corrected chi connectivity index (χ0v) is 19.1. The largest absolute Gasteiger partial charge is 0.418 e. The van der Waals surface area contributed by atoms with Gasteiger partial charge in [0.1, 0.15) is 6.10 Å². The molecule has 1 aliphatic rings. The Morgan fingerprint density at radius 3 is 2.35 bits per heavy atom. The van der Waals surface area contributed by atoms with Crippen LogP contribution >= 0.6 is 0 Å². The van der Waals surface area contributed by atoms with E-state index in [9.17, 15) is 23.1 Å². The van der Waals surface area contributed by atoms with Crippen LogP contribution in [0, 0.1) is 17.3 Å². The molecular formula is C23H34F3N3O2. The van der Waals surface area contributed by atoms with Crippen LogP contribution in [0.4, 0.5) is 13.2 Å². The van der Waals surface area contributed by atoms with Gasteiger partial charge in [0.25, 0.3) is 0 Å². The molecular weight excluding hydrogens is 407 g/mol. The molecule has 0 aromatic carbocycles. The van der Waals surface area contributed by atoms with E-state index >= 15 is 0 Å². The molecule has 0 saturated heterocycles. The third-order valence-corrected chi connectivity index (χ3v) is 6.11. The Hall–Kier alpha value is -1.96. The maximum Gasteiger partial charge on any atom is 0.418 e. The van der Waals surface area contributed by atoms with E-state index in [4.69, 9.17) is 0 Å². The highest BCUT2D eigenvalue weighted by Crippen LogP contribution is 2.42. The molecule has 31 heavy (non-hydrogen) atoms. The molecule has 5 atom stereocenters. The van der Waals surface area contributed by atoms with Gasteiger partial charge in [-0.3, -0.25) is 14.8 Å². The van der Waals surface area contributed by atoms with Crippen molar-refractivity contribution in [3.63, 3.8) is 0 Å². The van der Waals surface area contributed by atoms with Crippen molar-refractivity contribution in [2.75, 3.05) is 0 Å². The normalized spacial score (nSPS) is 25.1. The quantitative estimate of drug-likeness (QED) is 0.683. The van der Waals surface area contributed by atoms with Crippen LogP contribution in [0.5, 0.6) is 0 Å². The molecule has 8 heteroatoms. The van der Waals surface area contributed by atoms with Gasteiger partial charge in [0.15, 0.2) is 0 Å². The number of aliphatic hydroxyl groups is 1. The summed E-state index contributed by atoms with van der Waals surface area (Å²) >= 11 is 0. The molecule has 174 valence electrons. The van der Waals surface area contributed by atoms with Crippen molar-refractivity contribution in [1.29, 1.82) is 0 Å². The number of aliphatic hydroxyl groups excluding tert-OH is 1. The summed E-state index contributed by atoms with van der Waals surface area (Å²) in [6.45, 7) is 10.7. The maximum absolute atomic E-state index is 13.5. The summed E-state index contributed by atoms with van der Waals surface area (Å²) < 4.78 is 40.6. The Balaban J connectivity index is 2.25. The van der Waals surface area contributed by atoms with Gasteiger partial charge < -0.3 is 10.4 Å². The second kappa shape index (κ2) is 9.67. The number of halogens is 3. The van der Waals surface area contributed by atoms with Crippen molar-refractivity contribution in [2.45, 2.75) is 85.0 Å². The van der Waals surface area contributed by atoms with Crippen LogP contribution in [0.2, 0.25) is 0 Å². The fraction of sp³-hybridized carbons (Fsp3) is 0.696. The summed E-state index contributed by atoms with van der Waals surface area (Å²) in [7, 11) is 0. The van der Waals surface area contributed by atoms with E-state index in [1.807, 2.05) is 6.92 Å². The van der Waals surface area contributed by atoms with E-state index in [-0.39, 0.29) is 29.5 Å². The van der Waals surface area contributed by atoms with E-state index in [0.717, 1.165) is 18.9 Å². The first-order valence-electron chi connectivity index (χ1n) is 10.8. The Kier molecular flexibility index (Phi) is 7.89. The highest BCUT2D eigenvalue weighted by molar-refractivity contribution is 5.81. The second-order valence-corrected chi connectivity index (χ2v) is 9.83. The Morgan fingerprint density at radius 2 is 1.81 bits per heavy atom. The first-order valence-corrected chi connectivity index (χ1v) is 10.8. The number of carbonyl (C=O) groups is 1. The van der Waals surface area contributed by atoms with Crippen LogP contribution in [0.1, 0.15) is 78.1 Å². The fourth-order valence-corrected chi connectivity index (χ4v) is 4.40. The summed E-state index contributed by atoms with van der Waals surface area (Å²) in [6, 6.07) is -0.148. The van der Waals surface area contributed by atoms with Crippen LogP contribution in [0.3, 0.4) is 0 Å². The number of carbonyl (C=O) groups excluding carboxylic acids is 1. The molecule has 1 aromatic rings. The van der Waals surface area contributed by atoms with Gasteiger partial charge in [0.2, 0.25) is 5.91 Å². The van der Waals surface area contributed by atoms with Gasteiger partial charge >= 0.3 is 6.18 Å². The Morgan fingerprint density at radius 1 is 1.19 bits per heavy atom. The fourth-order valence-electron chi connectivity index (χ4n) is 4.40. The summed E-state index contributed by atoms with van der Waals surface area (Å²) in [6.07, 6.45) is 0.285. The van der Waals surface area contributed by atoms with Gasteiger partial charge in [-0.1, -0.05) is 40.7 Å². The first kappa shape index (κ1) is 25.3. The number of rotatable bonds is 5. The minimum absolute atomic E-state index is 0.0302. The number of nitrogens with one attached hydrogen (secondary N) is 1. The lowest BCUT2D eigenvalue weighted by Crippen LogP contribution is -2.49. The van der Waals surface area contributed by atoms with Crippen LogP contribution in [-0.4, -0.2) is 39.3 Å². The SMILES string of the molecule is C/C=C(\c1nccnc1C(C)[C@H]1C[C@@H](C)C[C@@H](NC(=O)[C@@H](O)C(C)(C)C)C1)C(F)(F)F. The number of aromatic nitrogens is 2. The molecule has 1 amide bonds. The second-order valence-electron chi connectivity index (χ2n) is 9.83. The Bertz CT molecular complexity index is 802.